The van der Waals surface area contributed by atoms with Crippen molar-refractivity contribution in [1.29, 1.82) is 5.39 Å². The van der Waals surface area contributed by atoms with Gasteiger partial charge >= 0.3 is 18.4 Å². The summed E-state index contributed by atoms with van der Waals surface area (Å²) in [6.45, 7) is 18.1. The van der Waals surface area contributed by atoms with Crippen LogP contribution in [-0.4, -0.2) is 92.5 Å². The maximum absolute atomic E-state index is 14.1. The molecule has 3 aromatic rings. The molecule has 3 aromatic carbocycles. The van der Waals surface area contributed by atoms with Crippen molar-refractivity contribution in [2.45, 2.75) is 154 Å². The highest BCUT2D eigenvalue weighted by atomic mass is 32.2. The number of sulfonamides is 1. The highest BCUT2D eigenvalue weighted by Gasteiger charge is 2.35. The van der Waals surface area contributed by atoms with E-state index in [2.05, 4.69) is 36.0 Å². The Morgan fingerprint density at radius 1 is 0.903 bits per heavy atom. The number of nitrogens with zero attached hydrogens (tertiary/aromatic N) is 3. The summed E-state index contributed by atoms with van der Waals surface area (Å²) in [4.78, 5) is 61.0. The molecule has 0 spiro atoms. The molecule has 0 aromatic heterocycles. The number of fused-ring (bicyclic) bond motifs is 4. The van der Waals surface area contributed by atoms with Gasteiger partial charge < -0.3 is 46.3 Å². The van der Waals surface area contributed by atoms with Crippen molar-refractivity contribution < 1.29 is 46.9 Å². The Kier molecular flexibility index (Phi) is 18.7. The third-order valence-electron chi connectivity index (χ3n) is 12.8. The fourth-order valence-corrected chi connectivity index (χ4v) is 10.5. The van der Waals surface area contributed by atoms with Crippen LogP contribution in [0.15, 0.2) is 70.4 Å². The van der Waals surface area contributed by atoms with Crippen molar-refractivity contribution in [3.63, 3.8) is 0 Å². The van der Waals surface area contributed by atoms with Gasteiger partial charge in [-0.3, -0.25) is 14.6 Å². The number of nitrogens with two attached hydrogens (primary N) is 1. The van der Waals surface area contributed by atoms with Crippen LogP contribution >= 0.6 is 0 Å². The number of amides is 4. The maximum atomic E-state index is 14.1. The van der Waals surface area contributed by atoms with E-state index in [1.807, 2.05) is 69.3 Å². The standard InChI is InChI=1S/C52H71N9O10S/c1-30(2)43(60-50(66)69-29-39-37-20-13-11-18-35(37)36-19-12-14-21-38(36)39)47(64)59-41(22-15-16-26-56-49(65)71-51(6,7)8)46(63)58-40(42(62)28-57-54)23-17-27-55-48(53)61-72(67,68)45-32(4)31(3)44-34(33(45)5)24-25-52(9,10)70-44/h11-14,18-21,28,30,39-41,43H,15-17,22-27,29H2,1-10H3,(H7-,53,55,56,58,59,60,61,62,63,64,65,66)/p+1/b42-28-/t40-,41-,43-/m0/s1. The van der Waals surface area contributed by atoms with Gasteiger partial charge in [0.05, 0.1) is 10.9 Å². The lowest BCUT2D eigenvalue weighted by Crippen LogP contribution is -2.56. The molecule has 5 rings (SSSR count). The first kappa shape index (κ1) is 56.0. The largest absolute Gasteiger partial charge is 0.504 e. The van der Waals surface area contributed by atoms with Gasteiger partial charge in [-0.15, -0.1) is 0 Å². The predicted molar refractivity (Wildman–Crippen MR) is 274 cm³/mol. The number of benzene rings is 3. The Hall–Kier alpha value is -6.88. The molecule has 19 nitrogen and oxygen atoms in total. The Balaban J connectivity index is 1.25. The van der Waals surface area contributed by atoms with Crippen LogP contribution in [0.2, 0.25) is 0 Å². The summed E-state index contributed by atoms with van der Waals surface area (Å²) in [7, 11) is -4.18. The average Bonchev–Trinajstić information content (AvgIpc) is 3.61. The normalized spacial score (nSPS) is 15.6. The van der Waals surface area contributed by atoms with Crippen LogP contribution in [0.25, 0.3) is 16.1 Å². The van der Waals surface area contributed by atoms with Crippen molar-refractivity contribution >= 4 is 40.0 Å². The van der Waals surface area contributed by atoms with Gasteiger partial charge in [0.2, 0.25) is 28.9 Å². The molecule has 0 saturated heterocycles. The van der Waals surface area contributed by atoms with Gasteiger partial charge in [-0.05, 0) is 151 Å². The Labute approximate surface area is 423 Å². The van der Waals surface area contributed by atoms with E-state index in [1.54, 1.807) is 48.5 Å². The van der Waals surface area contributed by atoms with Crippen molar-refractivity contribution in [1.82, 2.24) is 26.0 Å². The summed E-state index contributed by atoms with van der Waals surface area (Å²) < 4.78 is 47.2. The van der Waals surface area contributed by atoms with Crippen LogP contribution in [0, 0.1) is 32.1 Å². The average molecular weight is 1020 g/mol. The maximum Gasteiger partial charge on any atom is 0.407 e. The third-order valence-corrected chi connectivity index (χ3v) is 14.4. The summed E-state index contributed by atoms with van der Waals surface area (Å²) in [5, 5.41) is 31.0. The van der Waals surface area contributed by atoms with Crippen molar-refractivity contribution in [2.24, 2.45) is 16.6 Å². The fraction of sp³-hybridized carbons (Fsp3) is 0.519. The lowest BCUT2D eigenvalue weighted by molar-refractivity contribution is -0.131. The van der Waals surface area contributed by atoms with Gasteiger partial charge in [0, 0.05) is 19.0 Å². The van der Waals surface area contributed by atoms with E-state index < -0.39 is 69.4 Å². The molecule has 0 fully saturated rings. The summed E-state index contributed by atoms with van der Waals surface area (Å²) in [6, 6.07) is 12.3. The number of carbonyl (C=O) groups is 4. The molecule has 72 heavy (non-hydrogen) atoms. The first-order valence-electron chi connectivity index (χ1n) is 24.4. The minimum Gasteiger partial charge on any atom is -0.504 e. The number of aliphatic imine (C=N–C) groups is 1. The number of alkyl carbamates (subject to hydrolysis) is 2. The quantitative estimate of drug-likeness (QED) is 0.0190. The van der Waals surface area contributed by atoms with Crippen LogP contribution in [0.5, 0.6) is 5.75 Å². The lowest BCUT2D eigenvalue weighted by atomic mass is 9.88. The number of aliphatic hydroxyl groups is 1. The van der Waals surface area contributed by atoms with E-state index in [-0.39, 0.29) is 61.3 Å². The second-order valence-electron chi connectivity index (χ2n) is 20.3. The second kappa shape index (κ2) is 24.0. The van der Waals surface area contributed by atoms with Crippen molar-refractivity contribution in [2.75, 3.05) is 19.7 Å². The number of rotatable bonds is 20. The molecular formula is C52H72N9O10S+. The number of ether oxygens (including phenoxy) is 3. The van der Waals surface area contributed by atoms with E-state index in [1.165, 1.54) is 0 Å². The summed E-state index contributed by atoms with van der Waals surface area (Å²) in [5.41, 5.74) is 11.8. The molecule has 0 saturated carbocycles. The van der Waals surface area contributed by atoms with E-state index in [4.69, 9.17) is 19.9 Å². The Bertz CT molecular complexity index is 2660. The number of diazo groups is 1. The number of guanidine groups is 1. The van der Waals surface area contributed by atoms with Gasteiger partial charge in [0.25, 0.3) is 10.0 Å². The molecule has 0 radical (unpaired) electrons. The molecule has 20 heteroatoms. The number of unbranched alkanes of at least 4 members (excludes halogenated alkanes) is 1. The van der Waals surface area contributed by atoms with Crippen molar-refractivity contribution in [3.05, 3.63) is 98.8 Å². The van der Waals surface area contributed by atoms with Crippen LogP contribution < -0.4 is 36.5 Å². The Morgan fingerprint density at radius 2 is 1.51 bits per heavy atom. The van der Waals surface area contributed by atoms with Gasteiger partial charge in [0.15, 0.2) is 4.98 Å². The third kappa shape index (κ3) is 14.6. The summed E-state index contributed by atoms with van der Waals surface area (Å²) in [6.07, 6.45) is 1.61. The molecule has 8 N–H and O–H groups in total. The monoisotopic (exact) mass is 1010 g/mol. The number of aliphatic hydroxyl groups excluding tert-OH is 1. The van der Waals surface area contributed by atoms with Crippen LogP contribution in [0.4, 0.5) is 9.59 Å². The molecule has 2 aliphatic rings. The zero-order valence-corrected chi connectivity index (χ0v) is 43.9. The molecular weight excluding hydrogens is 943 g/mol. The molecule has 0 unspecified atom stereocenters. The molecule has 4 amide bonds. The minimum absolute atomic E-state index is 0.00411. The fourth-order valence-electron chi connectivity index (χ4n) is 8.99. The molecule has 390 valence electrons. The summed E-state index contributed by atoms with van der Waals surface area (Å²) in [5.74, 6) is -2.25. The Morgan fingerprint density at radius 3 is 2.12 bits per heavy atom. The molecule has 0 bridgehead atoms. The number of hydrogen-bond acceptors (Lipinski definition) is 12. The first-order valence-corrected chi connectivity index (χ1v) is 25.9. The van der Waals surface area contributed by atoms with Crippen LogP contribution in [0.1, 0.15) is 126 Å². The highest BCUT2D eigenvalue weighted by molar-refractivity contribution is 7.90. The smallest absolute Gasteiger partial charge is 0.407 e. The number of hydrogen-bond donors (Lipinski definition) is 7. The molecule has 1 aliphatic carbocycles. The van der Waals surface area contributed by atoms with E-state index in [0.717, 1.165) is 39.6 Å². The van der Waals surface area contributed by atoms with Gasteiger partial charge in [-0.25, -0.2) is 22.7 Å². The highest BCUT2D eigenvalue weighted by Crippen LogP contribution is 2.45. The van der Waals surface area contributed by atoms with Gasteiger partial charge in [0.1, 0.15) is 35.6 Å². The lowest BCUT2D eigenvalue weighted by Gasteiger charge is -2.35. The predicted octanol–water partition coefficient (Wildman–Crippen LogP) is 7.57. The van der Waals surface area contributed by atoms with E-state index >= 15 is 0 Å². The zero-order chi connectivity index (χ0) is 53.1. The van der Waals surface area contributed by atoms with Gasteiger partial charge in [-0.1, -0.05) is 62.4 Å². The molecule has 1 aliphatic heterocycles. The first-order chi connectivity index (χ1) is 33.8. The second-order valence-corrected chi connectivity index (χ2v) is 21.9. The molecule has 1 heterocycles. The van der Waals surface area contributed by atoms with Gasteiger partial charge in [-0.2, -0.15) is 0 Å². The number of carbonyl (C=O) groups excluding carboxylic acids is 4. The summed E-state index contributed by atoms with van der Waals surface area (Å²) >= 11 is 0. The number of nitrogens with one attached hydrogen (secondary N) is 5. The molecule has 3 atom stereocenters. The van der Waals surface area contributed by atoms with E-state index in [9.17, 15) is 38.1 Å². The van der Waals surface area contributed by atoms with Crippen LogP contribution in [0.3, 0.4) is 0 Å². The topological polar surface area (TPSA) is 277 Å². The zero-order valence-electron chi connectivity index (χ0n) is 43.1. The van der Waals surface area contributed by atoms with E-state index in [0.29, 0.717) is 42.6 Å². The van der Waals surface area contributed by atoms with Crippen molar-refractivity contribution in [3.8, 4) is 16.9 Å². The minimum atomic E-state index is -4.18. The van der Waals surface area contributed by atoms with Crippen LogP contribution in [-0.2, 0) is 35.5 Å². The SMILES string of the molecule is Cc1c(C)c(S(=O)(=O)NC(N)=NCCC[C@H](NC(=O)[C@H](CCCCNC(=O)OC(C)(C)C)NC(=O)[C@@H](NC(=O)OCC2c3ccccc3-c3ccccc32)C(C)C)/C(O)=C/[N+]#N)c(C)c2c1OC(C)(C)CC2.